The van der Waals surface area contributed by atoms with Gasteiger partial charge < -0.3 is 10.2 Å². The highest BCUT2D eigenvalue weighted by molar-refractivity contribution is 4.38. The molecule has 0 bridgehead atoms. The van der Waals surface area contributed by atoms with Crippen LogP contribution >= 0.6 is 0 Å². The Balaban J connectivity index is 0. The van der Waals surface area contributed by atoms with Crippen LogP contribution in [-0.2, 0) is 0 Å². The largest absolute Gasteiger partial charge is 0.516 e. The number of unbranched alkanes of at least 4 members (excludes halogenated alkanes) is 1. The molecule has 0 aromatic rings. The topological polar surface area (TPSA) is 40.5 Å². The summed E-state index contributed by atoms with van der Waals surface area (Å²) in [6.07, 6.45) is 2.79. The molecule has 0 saturated carbocycles. The average Bonchev–Trinajstić information content (AvgIpc) is 1.71. The average molecular weight is 118 g/mol. The summed E-state index contributed by atoms with van der Waals surface area (Å²) in [4.78, 5) is 0. The van der Waals surface area contributed by atoms with Gasteiger partial charge in [-0.1, -0.05) is 19.9 Å². The van der Waals surface area contributed by atoms with E-state index in [1.807, 2.05) is 0 Å². The van der Waals surface area contributed by atoms with Crippen molar-refractivity contribution < 1.29 is 10.2 Å². The van der Waals surface area contributed by atoms with Gasteiger partial charge in [0.05, 0.1) is 6.26 Å². The molecule has 0 saturated heterocycles. The van der Waals surface area contributed by atoms with E-state index in [0.717, 1.165) is 19.1 Å². The Morgan fingerprint density at radius 1 is 1.62 bits per heavy atom. The van der Waals surface area contributed by atoms with Crippen LogP contribution in [0.4, 0.5) is 0 Å². The predicted octanol–water partition coefficient (Wildman–Crippen LogP) is 1.47. The second-order valence-electron chi connectivity index (χ2n) is 1.26. The van der Waals surface area contributed by atoms with Gasteiger partial charge in [-0.05, 0) is 6.42 Å². The first-order valence-electron chi connectivity index (χ1n) is 2.69. The highest BCUT2D eigenvalue weighted by atomic mass is 16.3. The van der Waals surface area contributed by atoms with E-state index in [1.165, 1.54) is 0 Å². The molecule has 50 valence electrons. The minimum atomic E-state index is 0.344. The fourth-order valence-electron chi connectivity index (χ4n) is 0.158. The number of rotatable bonds is 2. The van der Waals surface area contributed by atoms with E-state index in [2.05, 4.69) is 13.5 Å². The second-order valence-corrected chi connectivity index (χ2v) is 1.26. The fraction of sp³-hybridized carbons (Fsp3) is 0.667. The van der Waals surface area contributed by atoms with E-state index in [0.29, 0.717) is 6.61 Å². The lowest BCUT2D eigenvalue weighted by atomic mass is 10.4. The molecule has 2 nitrogen and oxygen atoms in total. The fourth-order valence-corrected chi connectivity index (χ4v) is 0.158. The quantitative estimate of drug-likeness (QED) is 0.539. The van der Waals surface area contributed by atoms with E-state index >= 15 is 0 Å². The Bertz CT molecular complexity index is 33.5. The first-order valence-corrected chi connectivity index (χ1v) is 2.69. The number of hydrogen-bond acceptors (Lipinski definition) is 2. The Morgan fingerprint density at radius 2 is 2.00 bits per heavy atom. The molecule has 0 aromatic carbocycles. The summed E-state index contributed by atoms with van der Waals surface area (Å²) in [5.74, 6) is 0. The Kier molecular flexibility index (Phi) is 21.0. The van der Waals surface area contributed by atoms with Gasteiger partial charge in [-0.2, -0.15) is 0 Å². The van der Waals surface area contributed by atoms with Gasteiger partial charge in [0.2, 0.25) is 0 Å². The first-order chi connectivity index (χ1) is 3.83. The molecule has 0 fully saturated rings. The molecule has 2 heteroatoms. The van der Waals surface area contributed by atoms with Crippen molar-refractivity contribution in [3.05, 3.63) is 12.8 Å². The Hall–Kier alpha value is -0.500. The van der Waals surface area contributed by atoms with Gasteiger partial charge in [-0.15, -0.1) is 0 Å². The van der Waals surface area contributed by atoms with E-state index < -0.39 is 0 Å². The molecule has 0 amide bonds. The minimum absolute atomic E-state index is 0.344. The minimum Gasteiger partial charge on any atom is -0.516 e. The van der Waals surface area contributed by atoms with Crippen molar-refractivity contribution in [1.82, 2.24) is 0 Å². The van der Waals surface area contributed by atoms with Gasteiger partial charge in [0.25, 0.3) is 0 Å². The Morgan fingerprint density at radius 3 is 2.00 bits per heavy atom. The van der Waals surface area contributed by atoms with Crippen LogP contribution in [0.25, 0.3) is 0 Å². The van der Waals surface area contributed by atoms with Crippen molar-refractivity contribution >= 4 is 0 Å². The van der Waals surface area contributed by atoms with Gasteiger partial charge in [0.15, 0.2) is 0 Å². The van der Waals surface area contributed by atoms with Crippen molar-refractivity contribution in [2.45, 2.75) is 19.8 Å². The second kappa shape index (κ2) is 16.1. The van der Waals surface area contributed by atoms with Crippen LogP contribution in [0.5, 0.6) is 0 Å². The third kappa shape index (κ3) is 49.5. The maximum Gasteiger partial charge on any atom is 0.0719 e. The lowest BCUT2D eigenvalue weighted by molar-refractivity contribution is 0.287. The molecule has 0 aliphatic rings. The summed E-state index contributed by atoms with van der Waals surface area (Å²) in [6.45, 7) is 5.31. The van der Waals surface area contributed by atoms with Crippen molar-refractivity contribution in [1.29, 1.82) is 0 Å². The summed E-state index contributed by atoms with van der Waals surface area (Å²) in [7, 11) is 0. The lowest BCUT2D eigenvalue weighted by Crippen LogP contribution is -1.75. The van der Waals surface area contributed by atoms with Crippen LogP contribution < -0.4 is 0 Å². The predicted molar refractivity (Wildman–Crippen MR) is 34.8 cm³/mol. The van der Waals surface area contributed by atoms with Gasteiger partial charge in [-0.3, -0.25) is 0 Å². The van der Waals surface area contributed by atoms with Gasteiger partial charge in [0.1, 0.15) is 0 Å². The SMILES string of the molecule is C=CO.CCCCO. The summed E-state index contributed by atoms with van der Waals surface area (Å²) < 4.78 is 0. The molecule has 0 aliphatic heterocycles. The summed E-state index contributed by atoms with van der Waals surface area (Å²) >= 11 is 0. The van der Waals surface area contributed by atoms with Crippen LogP contribution in [0, 0.1) is 0 Å². The molecule has 0 rings (SSSR count). The monoisotopic (exact) mass is 118 g/mol. The molecule has 0 spiro atoms. The number of aliphatic hydroxyl groups is 2. The third-order valence-corrected chi connectivity index (χ3v) is 0.512. The van der Waals surface area contributed by atoms with E-state index in [4.69, 9.17) is 10.2 Å². The zero-order valence-electron chi connectivity index (χ0n) is 5.30. The van der Waals surface area contributed by atoms with Crippen molar-refractivity contribution in [3.8, 4) is 0 Å². The van der Waals surface area contributed by atoms with E-state index in [9.17, 15) is 0 Å². The van der Waals surface area contributed by atoms with Crippen molar-refractivity contribution in [3.63, 3.8) is 0 Å². The van der Waals surface area contributed by atoms with Crippen LogP contribution in [0.1, 0.15) is 19.8 Å². The number of aliphatic hydroxyl groups excluding tert-OH is 2. The first kappa shape index (κ1) is 10.5. The molecule has 8 heavy (non-hydrogen) atoms. The smallest absolute Gasteiger partial charge is 0.0719 e. The zero-order valence-corrected chi connectivity index (χ0v) is 5.30. The normalized spacial score (nSPS) is 6.75. The van der Waals surface area contributed by atoms with Crippen LogP contribution in [0.15, 0.2) is 12.8 Å². The molecular weight excluding hydrogens is 104 g/mol. The zero-order chi connectivity index (χ0) is 6.83. The van der Waals surface area contributed by atoms with Gasteiger partial charge >= 0.3 is 0 Å². The molecule has 0 radical (unpaired) electrons. The highest BCUT2D eigenvalue weighted by Crippen LogP contribution is 1.78. The van der Waals surface area contributed by atoms with Gasteiger partial charge in [-0.25, -0.2) is 0 Å². The summed E-state index contributed by atoms with van der Waals surface area (Å²) in [5.41, 5.74) is 0. The third-order valence-electron chi connectivity index (χ3n) is 0.512. The number of hydrogen-bond donors (Lipinski definition) is 2. The maximum atomic E-state index is 8.07. The summed E-state index contributed by atoms with van der Waals surface area (Å²) in [6, 6.07) is 0. The highest BCUT2D eigenvalue weighted by Gasteiger charge is 1.69. The molecule has 0 aromatic heterocycles. The standard InChI is InChI=1S/C4H10O.C2H4O/c1-2-3-4-5;1-2-3/h5H,2-4H2,1H3;2-3H,1H2. The molecule has 0 unspecified atom stereocenters. The van der Waals surface area contributed by atoms with Gasteiger partial charge in [0, 0.05) is 6.61 Å². The van der Waals surface area contributed by atoms with E-state index in [-0.39, 0.29) is 0 Å². The molecule has 0 atom stereocenters. The lowest BCUT2D eigenvalue weighted by Gasteiger charge is -1.79. The summed E-state index contributed by atoms with van der Waals surface area (Å²) in [5, 5.41) is 15.4. The maximum absolute atomic E-state index is 8.07. The van der Waals surface area contributed by atoms with Crippen molar-refractivity contribution in [2.75, 3.05) is 6.61 Å². The van der Waals surface area contributed by atoms with Crippen LogP contribution in [-0.4, -0.2) is 16.8 Å². The molecular formula is C6H14O2. The molecule has 0 aliphatic carbocycles. The Labute approximate surface area is 50.5 Å². The molecule has 0 heterocycles. The molecule has 2 N–H and O–H groups in total. The van der Waals surface area contributed by atoms with E-state index in [1.54, 1.807) is 0 Å². The van der Waals surface area contributed by atoms with Crippen LogP contribution in [0.3, 0.4) is 0 Å². The van der Waals surface area contributed by atoms with Crippen LogP contribution in [0.2, 0.25) is 0 Å². The van der Waals surface area contributed by atoms with Crippen molar-refractivity contribution in [2.24, 2.45) is 0 Å².